The number of rotatable bonds is 11. The van der Waals surface area contributed by atoms with Crippen LogP contribution >= 0.6 is 0 Å². The molecule has 10 heteroatoms. The number of nitrogens with two attached hydrogens (primary N) is 2. The molecule has 0 saturated carbocycles. The number of aliphatic imine (C=N–C) groups is 1. The van der Waals surface area contributed by atoms with Crippen molar-refractivity contribution in [3.05, 3.63) is 71.8 Å². The van der Waals surface area contributed by atoms with Gasteiger partial charge in [-0.05, 0) is 36.8 Å². The fraction of sp³-hybridized carbons (Fsp3) is 0.385. The molecule has 0 radical (unpaired) electrons. The number of carbonyl (C=O) groups excluding carboxylic acids is 3. The Morgan fingerprint density at radius 3 is 2.19 bits per heavy atom. The number of benzene rings is 2. The maximum atomic E-state index is 13.1. The van der Waals surface area contributed by atoms with Crippen LogP contribution in [0, 0.1) is 0 Å². The van der Waals surface area contributed by atoms with Crippen LogP contribution in [0.1, 0.15) is 36.8 Å². The SMILES string of the molecule is NC(N)=NCCC[C@H](NC(=O)[C@@H]1CCCN1C(=O)OCc1ccccc1)C(=O)OCc1ccccc1. The zero-order valence-electron chi connectivity index (χ0n) is 20.2. The van der Waals surface area contributed by atoms with Crippen molar-refractivity contribution in [3.8, 4) is 0 Å². The number of hydrogen-bond donors (Lipinski definition) is 3. The second kappa shape index (κ2) is 13.7. The van der Waals surface area contributed by atoms with Crippen molar-refractivity contribution in [3.63, 3.8) is 0 Å². The number of nitrogens with one attached hydrogen (secondary N) is 1. The molecule has 0 bridgehead atoms. The number of ether oxygens (including phenoxy) is 2. The molecule has 0 unspecified atom stereocenters. The summed E-state index contributed by atoms with van der Waals surface area (Å²) in [4.78, 5) is 44.0. The highest BCUT2D eigenvalue weighted by Gasteiger charge is 2.37. The monoisotopic (exact) mass is 495 g/mol. The molecule has 2 aromatic rings. The lowest BCUT2D eigenvalue weighted by atomic mass is 10.1. The molecule has 2 atom stereocenters. The maximum Gasteiger partial charge on any atom is 0.410 e. The summed E-state index contributed by atoms with van der Waals surface area (Å²) in [6.45, 7) is 0.909. The first kappa shape index (κ1) is 26.5. The number of nitrogens with zero attached hydrogens (tertiary/aromatic N) is 2. The highest BCUT2D eigenvalue weighted by atomic mass is 16.6. The summed E-state index contributed by atoms with van der Waals surface area (Å²) >= 11 is 0. The molecule has 1 heterocycles. The van der Waals surface area contributed by atoms with Gasteiger partial charge in [0, 0.05) is 13.1 Å². The molecule has 36 heavy (non-hydrogen) atoms. The number of guanidine groups is 1. The molecule has 3 rings (SSSR count). The minimum Gasteiger partial charge on any atom is -0.459 e. The van der Waals surface area contributed by atoms with Crippen LogP contribution in [0.2, 0.25) is 0 Å². The van der Waals surface area contributed by atoms with Crippen LogP contribution in [-0.2, 0) is 32.3 Å². The van der Waals surface area contributed by atoms with Gasteiger partial charge in [0.1, 0.15) is 25.3 Å². The Hall–Kier alpha value is -4.08. The van der Waals surface area contributed by atoms with E-state index in [-0.39, 0.29) is 25.6 Å². The summed E-state index contributed by atoms with van der Waals surface area (Å²) in [6, 6.07) is 16.9. The maximum absolute atomic E-state index is 13.1. The minimum atomic E-state index is -0.904. The number of amides is 2. The van der Waals surface area contributed by atoms with E-state index in [2.05, 4.69) is 10.3 Å². The van der Waals surface area contributed by atoms with Crippen LogP contribution in [-0.4, -0.2) is 54.0 Å². The van der Waals surface area contributed by atoms with E-state index in [1.807, 2.05) is 60.7 Å². The third-order valence-electron chi connectivity index (χ3n) is 5.77. The van der Waals surface area contributed by atoms with E-state index in [1.54, 1.807) is 0 Å². The molecular formula is C26H33N5O5. The summed E-state index contributed by atoms with van der Waals surface area (Å²) in [5, 5.41) is 2.77. The highest BCUT2D eigenvalue weighted by Crippen LogP contribution is 2.20. The lowest BCUT2D eigenvalue weighted by molar-refractivity contribution is -0.149. The van der Waals surface area contributed by atoms with E-state index in [0.717, 1.165) is 11.1 Å². The Kier molecular flexibility index (Phi) is 10.1. The Morgan fingerprint density at radius 1 is 0.972 bits per heavy atom. The molecule has 2 amide bonds. The van der Waals surface area contributed by atoms with E-state index in [0.29, 0.717) is 32.4 Å². The molecule has 10 nitrogen and oxygen atoms in total. The molecule has 0 spiro atoms. The second-order valence-electron chi connectivity index (χ2n) is 8.49. The van der Waals surface area contributed by atoms with E-state index < -0.39 is 30.1 Å². The predicted molar refractivity (Wildman–Crippen MR) is 134 cm³/mol. The molecule has 2 aromatic carbocycles. The van der Waals surface area contributed by atoms with E-state index in [1.165, 1.54) is 4.90 Å². The Labute approximate surface area is 210 Å². The van der Waals surface area contributed by atoms with E-state index >= 15 is 0 Å². The number of carbonyl (C=O) groups is 3. The van der Waals surface area contributed by atoms with Crippen molar-refractivity contribution >= 4 is 23.9 Å². The van der Waals surface area contributed by atoms with Crippen molar-refractivity contribution < 1.29 is 23.9 Å². The van der Waals surface area contributed by atoms with Crippen molar-refractivity contribution in [1.29, 1.82) is 0 Å². The van der Waals surface area contributed by atoms with Crippen LogP contribution in [0.25, 0.3) is 0 Å². The van der Waals surface area contributed by atoms with Gasteiger partial charge in [-0.15, -0.1) is 0 Å². The summed E-state index contributed by atoms with van der Waals surface area (Å²) in [5.74, 6) is -1.03. The molecule has 1 aliphatic rings. The lowest BCUT2D eigenvalue weighted by Crippen LogP contribution is -2.51. The van der Waals surface area contributed by atoms with Gasteiger partial charge < -0.3 is 26.3 Å². The van der Waals surface area contributed by atoms with Crippen molar-refractivity contribution in [1.82, 2.24) is 10.2 Å². The first-order valence-corrected chi connectivity index (χ1v) is 12.0. The van der Waals surface area contributed by atoms with Gasteiger partial charge in [-0.25, -0.2) is 9.59 Å². The van der Waals surface area contributed by atoms with Crippen molar-refractivity contribution in [2.24, 2.45) is 16.5 Å². The van der Waals surface area contributed by atoms with Crippen LogP contribution in [0.4, 0.5) is 4.79 Å². The van der Waals surface area contributed by atoms with Gasteiger partial charge in [0.2, 0.25) is 5.91 Å². The molecule has 1 saturated heterocycles. The summed E-state index contributed by atoms with van der Waals surface area (Å²) in [7, 11) is 0. The molecule has 0 aromatic heterocycles. The van der Waals surface area contributed by atoms with Crippen LogP contribution < -0.4 is 16.8 Å². The largest absolute Gasteiger partial charge is 0.459 e. The summed E-state index contributed by atoms with van der Waals surface area (Å²) < 4.78 is 10.9. The van der Waals surface area contributed by atoms with Gasteiger partial charge in [-0.1, -0.05) is 60.7 Å². The smallest absolute Gasteiger partial charge is 0.410 e. The number of hydrogen-bond acceptors (Lipinski definition) is 6. The normalized spacial score (nSPS) is 15.6. The molecule has 1 fully saturated rings. The third kappa shape index (κ3) is 8.30. The van der Waals surface area contributed by atoms with Crippen molar-refractivity contribution in [2.75, 3.05) is 13.1 Å². The van der Waals surface area contributed by atoms with Crippen LogP contribution in [0.3, 0.4) is 0 Å². The average molecular weight is 496 g/mol. The summed E-state index contributed by atoms with van der Waals surface area (Å²) in [5.41, 5.74) is 12.4. The standard InChI is InChI=1S/C26H33N5O5/c27-25(28)29-15-7-13-21(24(33)35-17-19-9-3-1-4-10-19)30-23(32)22-14-8-16-31(22)26(34)36-18-20-11-5-2-6-12-20/h1-6,9-12,21-22H,7-8,13-18H2,(H,30,32)(H4,27,28,29)/t21-,22-/m0/s1. The fourth-order valence-corrected chi connectivity index (χ4v) is 3.91. The Bertz CT molecular complexity index is 1030. The van der Waals surface area contributed by atoms with E-state index in [4.69, 9.17) is 20.9 Å². The zero-order chi connectivity index (χ0) is 25.8. The van der Waals surface area contributed by atoms with Crippen molar-refractivity contribution in [2.45, 2.75) is 51.0 Å². The first-order chi connectivity index (χ1) is 17.4. The number of esters is 1. The van der Waals surface area contributed by atoms with Gasteiger partial charge in [0.15, 0.2) is 5.96 Å². The first-order valence-electron chi connectivity index (χ1n) is 12.0. The quantitative estimate of drug-likeness (QED) is 0.187. The van der Waals surface area contributed by atoms with Crippen LogP contribution in [0.15, 0.2) is 65.7 Å². The zero-order valence-corrected chi connectivity index (χ0v) is 20.2. The van der Waals surface area contributed by atoms with Gasteiger partial charge in [-0.2, -0.15) is 0 Å². The molecule has 192 valence electrons. The lowest BCUT2D eigenvalue weighted by Gasteiger charge is -2.25. The molecule has 0 aliphatic carbocycles. The fourth-order valence-electron chi connectivity index (χ4n) is 3.91. The van der Waals surface area contributed by atoms with Gasteiger partial charge in [-0.3, -0.25) is 14.7 Å². The van der Waals surface area contributed by atoms with Gasteiger partial charge in [0.25, 0.3) is 0 Å². The van der Waals surface area contributed by atoms with Gasteiger partial charge >= 0.3 is 12.1 Å². The van der Waals surface area contributed by atoms with Crippen LogP contribution in [0.5, 0.6) is 0 Å². The predicted octanol–water partition coefficient (Wildman–Crippen LogP) is 2.07. The average Bonchev–Trinajstić information content (AvgIpc) is 3.39. The van der Waals surface area contributed by atoms with Gasteiger partial charge in [0.05, 0.1) is 0 Å². The Morgan fingerprint density at radius 2 is 1.58 bits per heavy atom. The second-order valence-corrected chi connectivity index (χ2v) is 8.49. The number of likely N-dealkylation sites (tertiary alicyclic amines) is 1. The molecule has 1 aliphatic heterocycles. The Balaban J connectivity index is 1.59. The minimum absolute atomic E-state index is 0.0437. The highest BCUT2D eigenvalue weighted by molar-refractivity contribution is 5.90. The molecular weight excluding hydrogens is 462 g/mol. The van der Waals surface area contributed by atoms with E-state index in [9.17, 15) is 14.4 Å². The topological polar surface area (TPSA) is 149 Å². The third-order valence-corrected chi connectivity index (χ3v) is 5.77. The summed E-state index contributed by atoms with van der Waals surface area (Å²) in [6.07, 6.45) is 1.31. The molecule has 5 N–H and O–H groups in total.